The number of rotatable bonds is 4. The van der Waals surface area contributed by atoms with Gasteiger partial charge in [0.2, 0.25) is 0 Å². The molecule has 0 amide bonds. The molecule has 0 aliphatic rings. The van der Waals surface area contributed by atoms with Gasteiger partial charge >= 0.3 is 0 Å². The summed E-state index contributed by atoms with van der Waals surface area (Å²) >= 11 is 0. The zero-order valence-corrected chi connectivity index (χ0v) is 10.6. The summed E-state index contributed by atoms with van der Waals surface area (Å²) < 4.78 is 39.4. The van der Waals surface area contributed by atoms with Crippen molar-refractivity contribution in [2.24, 2.45) is 5.73 Å². The Kier molecular flexibility index (Phi) is 3.72. The van der Waals surface area contributed by atoms with E-state index in [1.165, 1.54) is 30.6 Å². The summed E-state index contributed by atoms with van der Waals surface area (Å²) in [6, 6.07) is 4.09. The summed E-state index contributed by atoms with van der Waals surface area (Å²) in [5, 5.41) is 0. The van der Waals surface area contributed by atoms with Crippen LogP contribution in [0.4, 0.5) is 10.1 Å². The van der Waals surface area contributed by atoms with Crippen molar-refractivity contribution in [3.63, 3.8) is 0 Å². The molecule has 8 heteroatoms. The molecule has 19 heavy (non-hydrogen) atoms. The Morgan fingerprint density at radius 3 is 2.63 bits per heavy atom. The third-order valence-corrected chi connectivity index (χ3v) is 3.68. The van der Waals surface area contributed by atoms with E-state index in [9.17, 15) is 12.8 Å². The second-order valence-electron chi connectivity index (χ2n) is 3.65. The Morgan fingerprint density at radius 2 is 2.05 bits per heavy atom. The third-order valence-electron chi connectivity index (χ3n) is 2.33. The highest BCUT2D eigenvalue weighted by Gasteiger charge is 2.16. The maximum atomic E-state index is 13.3. The number of hydrogen-bond acceptors (Lipinski definition) is 5. The van der Waals surface area contributed by atoms with Crippen LogP contribution in [0, 0.1) is 5.82 Å². The summed E-state index contributed by atoms with van der Waals surface area (Å²) in [7, 11) is -3.88. The molecule has 0 radical (unpaired) electrons. The minimum atomic E-state index is -3.88. The fourth-order valence-corrected chi connectivity index (χ4v) is 2.36. The lowest BCUT2D eigenvalue weighted by Gasteiger charge is -2.08. The van der Waals surface area contributed by atoms with E-state index >= 15 is 0 Å². The number of nitrogens with zero attached hydrogens (tertiary/aromatic N) is 2. The Bertz CT molecular complexity index is 673. The minimum Gasteiger partial charge on any atom is -0.325 e. The van der Waals surface area contributed by atoms with Gasteiger partial charge < -0.3 is 5.73 Å². The molecular formula is C11H11FN4O2S. The number of nitrogens with one attached hydrogen (secondary N) is 1. The van der Waals surface area contributed by atoms with Gasteiger partial charge in [-0.3, -0.25) is 14.7 Å². The number of halogens is 1. The van der Waals surface area contributed by atoms with Crippen molar-refractivity contribution in [3.05, 3.63) is 48.3 Å². The normalized spacial score (nSPS) is 11.3. The average molecular weight is 282 g/mol. The lowest BCUT2D eigenvalue weighted by molar-refractivity contribution is 0.597. The molecule has 0 aromatic carbocycles. The van der Waals surface area contributed by atoms with Gasteiger partial charge in [0, 0.05) is 18.9 Å². The molecule has 0 spiro atoms. The van der Waals surface area contributed by atoms with Crippen LogP contribution in [0.1, 0.15) is 5.69 Å². The van der Waals surface area contributed by atoms with Gasteiger partial charge in [-0.15, -0.1) is 0 Å². The molecule has 0 bridgehead atoms. The molecule has 0 fully saturated rings. The molecule has 100 valence electrons. The van der Waals surface area contributed by atoms with Crippen LogP contribution in [0.15, 0.2) is 41.7 Å². The van der Waals surface area contributed by atoms with E-state index < -0.39 is 15.8 Å². The number of sulfonamides is 1. The maximum Gasteiger partial charge on any atom is 0.263 e. The predicted octanol–water partition coefficient (Wildman–Crippen LogP) is 0.875. The van der Waals surface area contributed by atoms with Crippen molar-refractivity contribution in [2.45, 2.75) is 11.4 Å². The van der Waals surface area contributed by atoms with E-state index in [1.54, 1.807) is 0 Å². The smallest absolute Gasteiger partial charge is 0.263 e. The van der Waals surface area contributed by atoms with Gasteiger partial charge in [0.1, 0.15) is 4.90 Å². The van der Waals surface area contributed by atoms with Gasteiger partial charge in [-0.1, -0.05) is 0 Å². The van der Waals surface area contributed by atoms with Gasteiger partial charge in [0.25, 0.3) is 10.0 Å². The Morgan fingerprint density at radius 1 is 1.26 bits per heavy atom. The van der Waals surface area contributed by atoms with Crippen molar-refractivity contribution in [1.82, 2.24) is 9.97 Å². The van der Waals surface area contributed by atoms with Gasteiger partial charge in [0.15, 0.2) is 5.82 Å². The number of pyridine rings is 2. The van der Waals surface area contributed by atoms with Crippen LogP contribution in [-0.2, 0) is 16.6 Å². The van der Waals surface area contributed by atoms with E-state index in [1.807, 2.05) is 0 Å². The van der Waals surface area contributed by atoms with Crippen LogP contribution < -0.4 is 10.5 Å². The standard InChI is InChI=1S/C11H11FN4O2S/c12-10-7-14-4-3-11(10)16-19(17,18)9-2-1-8(5-13)15-6-9/h1-4,6-7H,5,13H2,(H,14,16). The molecule has 0 atom stereocenters. The summed E-state index contributed by atoms with van der Waals surface area (Å²) in [5.74, 6) is -0.752. The molecule has 0 aliphatic carbocycles. The SMILES string of the molecule is NCc1ccc(S(=O)(=O)Nc2ccncc2F)cn1. The first-order chi connectivity index (χ1) is 9.03. The Labute approximate surface area is 109 Å². The number of hydrogen-bond donors (Lipinski definition) is 2. The van der Waals surface area contributed by atoms with Crippen molar-refractivity contribution >= 4 is 15.7 Å². The molecule has 0 saturated heterocycles. The monoisotopic (exact) mass is 282 g/mol. The molecular weight excluding hydrogens is 271 g/mol. The molecule has 3 N–H and O–H groups in total. The van der Waals surface area contributed by atoms with E-state index in [4.69, 9.17) is 5.73 Å². The van der Waals surface area contributed by atoms with Crippen LogP contribution in [0.3, 0.4) is 0 Å². The van der Waals surface area contributed by atoms with Gasteiger partial charge in [-0.2, -0.15) is 0 Å². The van der Waals surface area contributed by atoms with Crippen LogP contribution in [0.25, 0.3) is 0 Å². The second-order valence-corrected chi connectivity index (χ2v) is 5.33. The van der Waals surface area contributed by atoms with Crippen LogP contribution >= 0.6 is 0 Å². The molecule has 2 heterocycles. The fourth-order valence-electron chi connectivity index (χ4n) is 1.35. The quantitative estimate of drug-likeness (QED) is 0.867. The highest BCUT2D eigenvalue weighted by atomic mass is 32.2. The van der Waals surface area contributed by atoms with Crippen LogP contribution in [0.5, 0.6) is 0 Å². The summed E-state index contributed by atoms with van der Waals surface area (Å²) in [4.78, 5) is 7.34. The van der Waals surface area contributed by atoms with Gasteiger partial charge in [-0.05, 0) is 18.2 Å². The van der Waals surface area contributed by atoms with E-state index in [0.29, 0.717) is 5.69 Å². The highest BCUT2D eigenvalue weighted by Crippen LogP contribution is 2.17. The van der Waals surface area contributed by atoms with E-state index in [2.05, 4.69) is 14.7 Å². The van der Waals surface area contributed by atoms with Crippen molar-refractivity contribution in [3.8, 4) is 0 Å². The van der Waals surface area contributed by atoms with Crippen LogP contribution in [-0.4, -0.2) is 18.4 Å². The number of nitrogens with two attached hydrogens (primary N) is 1. The topological polar surface area (TPSA) is 98.0 Å². The highest BCUT2D eigenvalue weighted by molar-refractivity contribution is 7.92. The number of aromatic nitrogens is 2. The molecule has 2 aromatic heterocycles. The molecule has 2 rings (SSSR count). The van der Waals surface area contributed by atoms with E-state index in [0.717, 1.165) is 6.20 Å². The molecule has 2 aromatic rings. The largest absolute Gasteiger partial charge is 0.325 e. The number of anilines is 1. The lowest BCUT2D eigenvalue weighted by Crippen LogP contribution is -2.14. The first-order valence-corrected chi connectivity index (χ1v) is 6.78. The van der Waals surface area contributed by atoms with E-state index in [-0.39, 0.29) is 17.1 Å². The Hall–Kier alpha value is -2.06. The van der Waals surface area contributed by atoms with Crippen LogP contribution in [0.2, 0.25) is 0 Å². The fraction of sp³-hybridized carbons (Fsp3) is 0.0909. The molecule has 0 saturated carbocycles. The average Bonchev–Trinajstić information content (AvgIpc) is 2.41. The van der Waals surface area contributed by atoms with Crippen molar-refractivity contribution in [2.75, 3.05) is 4.72 Å². The third kappa shape index (κ3) is 3.04. The summed E-state index contributed by atoms with van der Waals surface area (Å²) in [5.41, 5.74) is 5.76. The van der Waals surface area contributed by atoms with Gasteiger partial charge in [0.05, 0.1) is 17.6 Å². The van der Waals surface area contributed by atoms with Gasteiger partial charge in [-0.25, -0.2) is 12.8 Å². The molecule has 0 unspecified atom stereocenters. The first kappa shape index (κ1) is 13.4. The second kappa shape index (κ2) is 5.29. The molecule has 6 nitrogen and oxygen atoms in total. The summed E-state index contributed by atoms with van der Waals surface area (Å²) in [6.45, 7) is 0.215. The van der Waals surface area contributed by atoms with Crippen molar-refractivity contribution < 1.29 is 12.8 Å². The maximum absolute atomic E-state index is 13.3. The zero-order chi connectivity index (χ0) is 13.9. The molecule has 0 aliphatic heterocycles. The van der Waals surface area contributed by atoms with Crippen molar-refractivity contribution in [1.29, 1.82) is 0 Å². The first-order valence-electron chi connectivity index (χ1n) is 5.30. The minimum absolute atomic E-state index is 0.0686. The Balaban J connectivity index is 2.30. The summed E-state index contributed by atoms with van der Waals surface area (Å²) in [6.07, 6.45) is 3.38. The lowest BCUT2D eigenvalue weighted by atomic mass is 10.4. The predicted molar refractivity (Wildman–Crippen MR) is 67.1 cm³/mol. The zero-order valence-electron chi connectivity index (χ0n) is 9.75.